The minimum atomic E-state index is 0.0849. The summed E-state index contributed by atoms with van der Waals surface area (Å²) in [6.45, 7) is 5.48. The summed E-state index contributed by atoms with van der Waals surface area (Å²) in [7, 11) is 0. The highest BCUT2D eigenvalue weighted by Gasteiger charge is 2.58. The standard InChI is InChI=1S/C21H29NO2/c1-20-9-7-16(24-13-23)11-14(20)3-5-17-18-6-4-15(12-22)21(18,2)10-8-19(17)20/h3,13,15-19H,4-11H2,1-2H3. The van der Waals surface area contributed by atoms with Crippen LogP contribution >= 0.6 is 0 Å². The Labute approximate surface area is 145 Å². The van der Waals surface area contributed by atoms with Crippen molar-refractivity contribution in [3.63, 3.8) is 0 Å². The van der Waals surface area contributed by atoms with E-state index < -0.39 is 0 Å². The third-order valence-electron chi connectivity index (χ3n) is 8.46. The van der Waals surface area contributed by atoms with Gasteiger partial charge in [-0.05, 0) is 73.5 Å². The number of carbonyl (C=O) groups excluding carboxylic acids is 1. The predicted octanol–water partition coefficient (Wildman–Crippen LogP) is 4.63. The molecule has 4 rings (SSSR count). The molecule has 130 valence electrons. The van der Waals surface area contributed by atoms with Crippen molar-refractivity contribution in [2.24, 2.45) is 34.5 Å². The number of hydrogen-bond acceptors (Lipinski definition) is 3. The molecular weight excluding hydrogens is 298 g/mol. The van der Waals surface area contributed by atoms with Gasteiger partial charge >= 0.3 is 0 Å². The number of hydrogen-bond donors (Lipinski definition) is 0. The summed E-state index contributed by atoms with van der Waals surface area (Å²) in [4.78, 5) is 10.7. The van der Waals surface area contributed by atoms with E-state index in [0.29, 0.717) is 6.47 Å². The maximum absolute atomic E-state index is 10.7. The largest absolute Gasteiger partial charge is 0.464 e. The van der Waals surface area contributed by atoms with Gasteiger partial charge in [0.15, 0.2) is 0 Å². The van der Waals surface area contributed by atoms with Crippen LogP contribution in [0.25, 0.3) is 0 Å². The lowest BCUT2D eigenvalue weighted by atomic mass is 9.47. The summed E-state index contributed by atoms with van der Waals surface area (Å²) in [5.41, 5.74) is 2.08. The van der Waals surface area contributed by atoms with E-state index in [-0.39, 0.29) is 22.9 Å². The van der Waals surface area contributed by atoms with Gasteiger partial charge < -0.3 is 4.74 Å². The molecule has 4 aliphatic rings. The molecule has 0 N–H and O–H groups in total. The molecule has 0 aromatic heterocycles. The topological polar surface area (TPSA) is 50.1 Å². The molecular formula is C21H29NO2. The van der Waals surface area contributed by atoms with Gasteiger partial charge in [0.25, 0.3) is 6.47 Å². The normalized spacial score (nSPS) is 49.9. The van der Waals surface area contributed by atoms with Crippen molar-refractivity contribution in [3.05, 3.63) is 11.6 Å². The van der Waals surface area contributed by atoms with Crippen molar-refractivity contribution in [1.82, 2.24) is 0 Å². The maximum atomic E-state index is 10.7. The van der Waals surface area contributed by atoms with Gasteiger partial charge in [-0.15, -0.1) is 0 Å². The van der Waals surface area contributed by atoms with Gasteiger partial charge in [-0.2, -0.15) is 5.26 Å². The molecule has 0 bridgehead atoms. The smallest absolute Gasteiger partial charge is 0.293 e. The Kier molecular flexibility index (Phi) is 3.79. The second-order valence-electron chi connectivity index (χ2n) is 9.16. The highest BCUT2D eigenvalue weighted by Crippen LogP contribution is 2.66. The second-order valence-corrected chi connectivity index (χ2v) is 9.16. The summed E-state index contributed by atoms with van der Waals surface area (Å²) >= 11 is 0. The van der Waals surface area contributed by atoms with Crippen LogP contribution in [-0.2, 0) is 9.53 Å². The van der Waals surface area contributed by atoms with Crippen LogP contribution in [0.3, 0.4) is 0 Å². The molecule has 0 aromatic carbocycles. The minimum Gasteiger partial charge on any atom is -0.464 e. The number of allylic oxidation sites excluding steroid dienone is 1. The minimum absolute atomic E-state index is 0.0849. The Morgan fingerprint density at radius 2 is 2.04 bits per heavy atom. The number of nitriles is 1. The molecule has 7 atom stereocenters. The van der Waals surface area contributed by atoms with E-state index in [2.05, 4.69) is 26.0 Å². The van der Waals surface area contributed by atoms with E-state index in [1.165, 1.54) is 25.7 Å². The molecule has 24 heavy (non-hydrogen) atoms. The monoisotopic (exact) mass is 327 g/mol. The molecule has 0 amide bonds. The van der Waals surface area contributed by atoms with Gasteiger partial charge in [0.2, 0.25) is 0 Å². The van der Waals surface area contributed by atoms with Gasteiger partial charge in [-0.1, -0.05) is 25.5 Å². The molecule has 0 heterocycles. The highest BCUT2D eigenvalue weighted by molar-refractivity contribution is 5.38. The Morgan fingerprint density at radius 1 is 1.21 bits per heavy atom. The first-order valence-electron chi connectivity index (χ1n) is 9.71. The van der Waals surface area contributed by atoms with Gasteiger partial charge in [0.05, 0.1) is 12.0 Å². The van der Waals surface area contributed by atoms with Crippen LogP contribution < -0.4 is 0 Å². The fraction of sp³-hybridized carbons (Fsp3) is 0.810. The molecule has 4 aliphatic carbocycles. The summed E-state index contributed by atoms with van der Waals surface area (Å²) in [5, 5.41) is 9.58. The van der Waals surface area contributed by atoms with Gasteiger partial charge in [-0.25, -0.2) is 0 Å². The first-order chi connectivity index (χ1) is 11.5. The number of fused-ring (bicyclic) bond motifs is 5. The molecule has 3 nitrogen and oxygen atoms in total. The van der Waals surface area contributed by atoms with Crippen molar-refractivity contribution in [2.45, 2.75) is 71.3 Å². The third-order valence-corrected chi connectivity index (χ3v) is 8.46. The summed E-state index contributed by atoms with van der Waals surface area (Å²) in [6.07, 6.45) is 11.6. The number of rotatable bonds is 2. The SMILES string of the molecule is CC12CCC(OC=O)CC1=CCC1C2CCC2(C)C(C#N)CCC12. The number of nitrogens with zero attached hydrogens (tertiary/aromatic N) is 1. The van der Waals surface area contributed by atoms with Crippen LogP contribution in [0, 0.1) is 45.8 Å². The Morgan fingerprint density at radius 3 is 2.79 bits per heavy atom. The van der Waals surface area contributed by atoms with Crippen molar-refractivity contribution in [3.8, 4) is 6.07 Å². The van der Waals surface area contributed by atoms with E-state index in [9.17, 15) is 10.1 Å². The van der Waals surface area contributed by atoms with Crippen LogP contribution in [-0.4, -0.2) is 12.6 Å². The van der Waals surface area contributed by atoms with Gasteiger partial charge in [0, 0.05) is 6.42 Å². The third kappa shape index (κ3) is 2.11. The Hall–Kier alpha value is -1.30. The van der Waals surface area contributed by atoms with Gasteiger partial charge in [0.1, 0.15) is 6.10 Å². The molecule has 0 aromatic rings. The van der Waals surface area contributed by atoms with Crippen LogP contribution in [0.4, 0.5) is 0 Å². The van der Waals surface area contributed by atoms with E-state index >= 15 is 0 Å². The molecule has 0 saturated heterocycles. The zero-order chi connectivity index (χ0) is 16.9. The Balaban J connectivity index is 1.61. The predicted molar refractivity (Wildman–Crippen MR) is 91.7 cm³/mol. The lowest BCUT2D eigenvalue weighted by Gasteiger charge is -2.57. The summed E-state index contributed by atoms with van der Waals surface area (Å²) < 4.78 is 5.27. The molecule has 7 unspecified atom stereocenters. The first kappa shape index (κ1) is 16.2. The van der Waals surface area contributed by atoms with Gasteiger partial charge in [-0.3, -0.25) is 4.79 Å². The van der Waals surface area contributed by atoms with E-state index in [4.69, 9.17) is 4.74 Å². The van der Waals surface area contributed by atoms with Crippen molar-refractivity contribution < 1.29 is 9.53 Å². The second kappa shape index (κ2) is 5.61. The highest BCUT2D eigenvalue weighted by atomic mass is 16.5. The first-order valence-corrected chi connectivity index (χ1v) is 9.71. The lowest BCUT2D eigenvalue weighted by molar-refractivity contribution is -0.136. The van der Waals surface area contributed by atoms with E-state index in [1.54, 1.807) is 5.57 Å². The van der Waals surface area contributed by atoms with Crippen molar-refractivity contribution in [2.75, 3.05) is 0 Å². The zero-order valence-corrected chi connectivity index (χ0v) is 15.0. The molecule has 3 saturated carbocycles. The summed E-state index contributed by atoms with van der Waals surface area (Å²) in [5.74, 6) is 2.49. The molecule has 3 heteroatoms. The molecule has 3 fully saturated rings. The van der Waals surface area contributed by atoms with Crippen molar-refractivity contribution in [1.29, 1.82) is 5.26 Å². The number of carbonyl (C=O) groups is 1. The van der Waals surface area contributed by atoms with Crippen LogP contribution in [0.1, 0.15) is 65.2 Å². The maximum Gasteiger partial charge on any atom is 0.293 e. The van der Waals surface area contributed by atoms with Crippen LogP contribution in [0.2, 0.25) is 0 Å². The fourth-order valence-electron chi connectivity index (χ4n) is 7.03. The van der Waals surface area contributed by atoms with E-state index in [1.807, 2.05) is 0 Å². The zero-order valence-electron chi connectivity index (χ0n) is 15.0. The lowest BCUT2D eigenvalue weighted by Crippen LogP contribution is -2.50. The summed E-state index contributed by atoms with van der Waals surface area (Å²) in [6, 6.07) is 2.62. The fourth-order valence-corrected chi connectivity index (χ4v) is 7.03. The van der Waals surface area contributed by atoms with Crippen LogP contribution in [0.5, 0.6) is 0 Å². The van der Waals surface area contributed by atoms with E-state index in [0.717, 1.165) is 43.4 Å². The molecule has 0 aliphatic heterocycles. The molecule has 0 radical (unpaired) electrons. The van der Waals surface area contributed by atoms with Crippen molar-refractivity contribution >= 4 is 6.47 Å². The average molecular weight is 327 g/mol. The number of ether oxygens (including phenoxy) is 1. The van der Waals surface area contributed by atoms with Crippen LogP contribution in [0.15, 0.2) is 11.6 Å². The Bertz CT molecular complexity index is 605. The average Bonchev–Trinajstić information content (AvgIpc) is 2.92. The quantitative estimate of drug-likeness (QED) is 0.549. The molecule has 0 spiro atoms.